The highest BCUT2D eigenvalue weighted by molar-refractivity contribution is 6.33. The van der Waals surface area contributed by atoms with Crippen LogP contribution in [0.5, 0.6) is 0 Å². The molecule has 0 heterocycles. The average Bonchev–Trinajstić information content (AvgIpc) is 2.31. The lowest BCUT2D eigenvalue weighted by Gasteiger charge is -2.20. The number of nitrogens with zero attached hydrogens (tertiary/aromatic N) is 1. The van der Waals surface area contributed by atoms with Gasteiger partial charge >= 0.3 is 0 Å². The van der Waals surface area contributed by atoms with Gasteiger partial charge in [0.2, 0.25) is 0 Å². The summed E-state index contributed by atoms with van der Waals surface area (Å²) in [7, 11) is 0. The van der Waals surface area contributed by atoms with E-state index in [-0.39, 0.29) is 19.1 Å². The average molecular weight is 255 g/mol. The summed E-state index contributed by atoms with van der Waals surface area (Å²) in [6.45, 7) is 4.11. The van der Waals surface area contributed by atoms with Gasteiger partial charge in [0.1, 0.15) is 0 Å². The Balaban J connectivity index is 2.92. The van der Waals surface area contributed by atoms with Crippen LogP contribution in [0.4, 0.5) is 5.69 Å². The largest absolute Gasteiger partial charge is 0.398 e. The van der Waals surface area contributed by atoms with Crippen LogP contribution in [0, 0.1) is 0 Å². The summed E-state index contributed by atoms with van der Waals surface area (Å²) >= 11 is 5.85. The van der Waals surface area contributed by atoms with Crippen molar-refractivity contribution >= 4 is 23.2 Å². The molecule has 5 heteroatoms. The third-order valence-corrected chi connectivity index (χ3v) is 2.58. The molecule has 1 aromatic carbocycles. The standard InChI is InChI=1S/C12H15ClN2O2/c1-2-5-15(6-7-16)12(17)9-3-4-11(14)10(13)8-9/h2-4,8,16H,1,5-7,14H2. The smallest absolute Gasteiger partial charge is 0.254 e. The van der Waals surface area contributed by atoms with Crippen LogP contribution in [0.2, 0.25) is 5.02 Å². The molecule has 0 saturated carbocycles. The molecule has 0 aliphatic heterocycles. The van der Waals surface area contributed by atoms with Crippen LogP contribution in [0.3, 0.4) is 0 Å². The van der Waals surface area contributed by atoms with Gasteiger partial charge in [-0.1, -0.05) is 17.7 Å². The summed E-state index contributed by atoms with van der Waals surface area (Å²) in [6, 6.07) is 4.71. The molecule has 1 rings (SSSR count). The molecular weight excluding hydrogens is 240 g/mol. The molecule has 0 fully saturated rings. The van der Waals surface area contributed by atoms with E-state index in [0.717, 1.165) is 0 Å². The molecule has 0 radical (unpaired) electrons. The summed E-state index contributed by atoms with van der Waals surface area (Å²) in [4.78, 5) is 13.5. The molecule has 0 atom stereocenters. The minimum Gasteiger partial charge on any atom is -0.398 e. The number of nitrogens with two attached hydrogens (primary N) is 1. The van der Waals surface area contributed by atoms with Gasteiger partial charge in [0.05, 0.1) is 17.3 Å². The second-order valence-corrected chi connectivity index (χ2v) is 3.91. The second-order valence-electron chi connectivity index (χ2n) is 3.50. The molecular formula is C12H15ClN2O2. The molecule has 17 heavy (non-hydrogen) atoms. The van der Waals surface area contributed by atoms with Crippen molar-refractivity contribution in [2.75, 3.05) is 25.4 Å². The Hall–Kier alpha value is -1.52. The van der Waals surface area contributed by atoms with E-state index in [4.69, 9.17) is 22.4 Å². The summed E-state index contributed by atoms with van der Waals surface area (Å²) in [5.74, 6) is -0.208. The topological polar surface area (TPSA) is 66.6 Å². The van der Waals surface area contributed by atoms with Crippen molar-refractivity contribution in [1.82, 2.24) is 4.90 Å². The Morgan fingerprint density at radius 1 is 1.59 bits per heavy atom. The molecule has 0 aliphatic carbocycles. The van der Waals surface area contributed by atoms with Crippen LogP contribution in [0.25, 0.3) is 0 Å². The number of hydrogen-bond donors (Lipinski definition) is 2. The van der Waals surface area contributed by atoms with Gasteiger partial charge in [-0.25, -0.2) is 0 Å². The number of hydrogen-bond acceptors (Lipinski definition) is 3. The van der Waals surface area contributed by atoms with Crippen LogP contribution in [0.1, 0.15) is 10.4 Å². The van der Waals surface area contributed by atoms with E-state index >= 15 is 0 Å². The lowest BCUT2D eigenvalue weighted by molar-refractivity contribution is 0.0743. The fourth-order valence-corrected chi connectivity index (χ4v) is 1.58. The maximum atomic E-state index is 12.1. The maximum absolute atomic E-state index is 12.1. The minimum absolute atomic E-state index is 0.0950. The minimum atomic E-state index is -0.208. The summed E-state index contributed by atoms with van der Waals surface area (Å²) < 4.78 is 0. The molecule has 4 nitrogen and oxygen atoms in total. The van der Waals surface area contributed by atoms with E-state index in [1.807, 2.05) is 0 Å². The fraction of sp³-hybridized carbons (Fsp3) is 0.250. The van der Waals surface area contributed by atoms with E-state index in [0.29, 0.717) is 22.8 Å². The van der Waals surface area contributed by atoms with Crippen molar-refractivity contribution in [3.8, 4) is 0 Å². The first-order chi connectivity index (χ1) is 8.10. The highest BCUT2D eigenvalue weighted by Crippen LogP contribution is 2.20. The van der Waals surface area contributed by atoms with Crippen LogP contribution < -0.4 is 5.73 Å². The molecule has 92 valence electrons. The molecule has 0 spiro atoms. The van der Waals surface area contributed by atoms with Crippen LogP contribution >= 0.6 is 11.6 Å². The molecule has 3 N–H and O–H groups in total. The van der Waals surface area contributed by atoms with Gasteiger partial charge in [-0.3, -0.25) is 4.79 Å². The highest BCUT2D eigenvalue weighted by Gasteiger charge is 2.14. The molecule has 1 amide bonds. The number of rotatable bonds is 5. The van der Waals surface area contributed by atoms with Gasteiger partial charge in [-0.05, 0) is 18.2 Å². The van der Waals surface area contributed by atoms with Crippen LogP contribution in [-0.2, 0) is 0 Å². The van der Waals surface area contributed by atoms with E-state index in [2.05, 4.69) is 6.58 Å². The van der Waals surface area contributed by atoms with Gasteiger partial charge in [-0.2, -0.15) is 0 Å². The molecule has 0 unspecified atom stereocenters. The first-order valence-electron chi connectivity index (χ1n) is 5.16. The summed E-state index contributed by atoms with van der Waals surface area (Å²) in [6.07, 6.45) is 1.60. The molecule has 1 aromatic rings. The number of aliphatic hydroxyl groups is 1. The molecule has 0 aromatic heterocycles. The third-order valence-electron chi connectivity index (χ3n) is 2.25. The Morgan fingerprint density at radius 3 is 2.82 bits per heavy atom. The number of carbonyl (C=O) groups excluding carboxylic acids is 1. The number of benzene rings is 1. The monoisotopic (exact) mass is 254 g/mol. The predicted octanol–water partition coefficient (Wildman–Crippen LogP) is 1.54. The highest BCUT2D eigenvalue weighted by atomic mass is 35.5. The zero-order chi connectivity index (χ0) is 12.8. The Bertz CT molecular complexity index is 421. The van der Waals surface area contributed by atoms with Crippen LogP contribution in [0.15, 0.2) is 30.9 Å². The van der Waals surface area contributed by atoms with Gasteiger partial charge in [0.25, 0.3) is 5.91 Å². The van der Waals surface area contributed by atoms with E-state index in [1.165, 1.54) is 11.0 Å². The number of amides is 1. The van der Waals surface area contributed by atoms with Gasteiger partial charge in [0.15, 0.2) is 0 Å². The second kappa shape index (κ2) is 6.27. The fourth-order valence-electron chi connectivity index (χ4n) is 1.40. The van der Waals surface area contributed by atoms with Gasteiger partial charge in [-0.15, -0.1) is 6.58 Å². The predicted molar refractivity (Wildman–Crippen MR) is 69.1 cm³/mol. The normalized spacial score (nSPS) is 10.0. The Kier molecular flexibility index (Phi) is 5.00. The van der Waals surface area contributed by atoms with Crippen molar-refractivity contribution in [2.45, 2.75) is 0 Å². The van der Waals surface area contributed by atoms with E-state index in [9.17, 15) is 4.79 Å². The number of aliphatic hydroxyl groups excluding tert-OH is 1. The van der Waals surface area contributed by atoms with Crippen molar-refractivity contribution < 1.29 is 9.90 Å². The summed E-state index contributed by atoms with van der Waals surface area (Å²) in [5.41, 5.74) is 6.44. The third kappa shape index (κ3) is 3.47. The van der Waals surface area contributed by atoms with E-state index in [1.54, 1.807) is 18.2 Å². The Morgan fingerprint density at radius 2 is 2.29 bits per heavy atom. The van der Waals surface area contributed by atoms with E-state index < -0.39 is 0 Å². The summed E-state index contributed by atoms with van der Waals surface area (Å²) in [5, 5.41) is 9.23. The molecule has 0 saturated heterocycles. The van der Waals surface area contributed by atoms with Crippen LogP contribution in [-0.4, -0.2) is 35.6 Å². The lowest BCUT2D eigenvalue weighted by Crippen LogP contribution is -2.33. The zero-order valence-corrected chi connectivity index (χ0v) is 10.2. The number of anilines is 1. The van der Waals surface area contributed by atoms with Crippen molar-refractivity contribution in [3.63, 3.8) is 0 Å². The Labute approximate surface area is 105 Å². The van der Waals surface area contributed by atoms with Gasteiger partial charge in [0, 0.05) is 18.7 Å². The molecule has 0 bridgehead atoms. The lowest BCUT2D eigenvalue weighted by atomic mass is 10.2. The van der Waals surface area contributed by atoms with Crippen molar-refractivity contribution in [2.24, 2.45) is 0 Å². The number of halogens is 1. The van der Waals surface area contributed by atoms with Gasteiger partial charge < -0.3 is 15.7 Å². The molecule has 0 aliphatic rings. The zero-order valence-electron chi connectivity index (χ0n) is 9.40. The first kappa shape index (κ1) is 13.5. The first-order valence-corrected chi connectivity index (χ1v) is 5.54. The SMILES string of the molecule is C=CCN(CCO)C(=O)c1ccc(N)c(Cl)c1. The number of nitrogen functional groups attached to an aromatic ring is 1. The quantitative estimate of drug-likeness (QED) is 0.619. The van der Waals surface area contributed by atoms with Crippen molar-refractivity contribution in [3.05, 3.63) is 41.4 Å². The van der Waals surface area contributed by atoms with Crippen molar-refractivity contribution in [1.29, 1.82) is 0 Å². The maximum Gasteiger partial charge on any atom is 0.254 e. The number of carbonyl (C=O) groups is 1.